The SMILES string of the molecule is CC1CN(CC(=O)NC(=O)NC2CCCCC2)CC(C)N1. The van der Waals surface area contributed by atoms with Crippen LogP contribution in [0.15, 0.2) is 0 Å². The van der Waals surface area contributed by atoms with E-state index in [9.17, 15) is 9.59 Å². The van der Waals surface area contributed by atoms with E-state index >= 15 is 0 Å². The molecule has 0 aromatic carbocycles. The summed E-state index contributed by atoms with van der Waals surface area (Å²) in [5.41, 5.74) is 0. The number of rotatable bonds is 3. The van der Waals surface area contributed by atoms with Crippen molar-refractivity contribution < 1.29 is 9.59 Å². The molecule has 0 radical (unpaired) electrons. The van der Waals surface area contributed by atoms with E-state index in [4.69, 9.17) is 0 Å². The maximum Gasteiger partial charge on any atom is 0.321 e. The predicted molar refractivity (Wildman–Crippen MR) is 82.0 cm³/mol. The summed E-state index contributed by atoms with van der Waals surface area (Å²) in [5, 5.41) is 8.78. The van der Waals surface area contributed by atoms with E-state index < -0.39 is 0 Å². The van der Waals surface area contributed by atoms with Crippen LogP contribution in [0, 0.1) is 0 Å². The van der Waals surface area contributed by atoms with Crippen LogP contribution in [0.25, 0.3) is 0 Å². The zero-order valence-corrected chi connectivity index (χ0v) is 13.2. The molecule has 2 rings (SSSR count). The summed E-state index contributed by atoms with van der Waals surface area (Å²) in [6.07, 6.45) is 5.62. The Hall–Kier alpha value is -1.14. The highest BCUT2D eigenvalue weighted by atomic mass is 16.2. The lowest BCUT2D eigenvalue weighted by molar-refractivity contribution is -0.121. The van der Waals surface area contributed by atoms with E-state index in [2.05, 4.69) is 34.7 Å². The Bertz CT molecular complexity index is 359. The molecule has 3 amide bonds. The second kappa shape index (κ2) is 7.75. The molecule has 3 N–H and O–H groups in total. The van der Waals surface area contributed by atoms with E-state index in [1.807, 2.05) is 0 Å². The number of nitrogens with zero attached hydrogens (tertiary/aromatic N) is 1. The summed E-state index contributed by atoms with van der Waals surface area (Å²) < 4.78 is 0. The van der Waals surface area contributed by atoms with Gasteiger partial charge in [0.25, 0.3) is 0 Å². The van der Waals surface area contributed by atoms with Crippen molar-refractivity contribution >= 4 is 11.9 Å². The monoisotopic (exact) mass is 296 g/mol. The number of carbonyl (C=O) groups is 2. The number of carbonyl (C=O) groups excluding carboxylic acids is 2. The molecule has 1 aliphatic heterocycles. The molecule has 21 heavy (non-hydrogen) atoms. The van der Waals surface area contributed by atoms with Crippen molar-refractivity contribution in [2.24, 2.45) is 0 Å². The standard InChI is InChI=1S/C15H28N4O2/c1-11-8-19(9-12(2)16-11)10-14(20)18-15(21)17-13-6-4-3-5-7-13/h11-13,16H,3-10H2,1-2H3,(H2,17,18,20,21). The van der Waals surface area contributed by atoms with Crippen molar-refractivity contribution in [1.29, 1.82) is 0 Å². The lowest BCUT2D eigenvalue weighted by Crippen LogP contribution is -2.56. The van der Waals surface area contributed by atoms with Crippen LogP contribution in [0.5, 0.6) is 0 Å². The first kappa shape index (κ1) is 16.2. The van der Waals surface area contributed by atoms with Gasteiger partial charge in [-0.05, 0) is 26.7 Å². The van der Waals surface area contributed by atoms with Gasteiger partial charge in [0.2, 0.25) is 5.91 Å². The number of hydrogen-bond acceptors (Lipinski definition) is 4. The lowest BCUT2D eigenvalue weighted by Gasteiger charge is -2.35. The fourth-order valence-electron chi connectivity index (χ4n) is 3.41. The predicted octanol–water partition coefficient (Wildman–Crippen LogP) is 0.827. The number of piperazine rings is 1. The van der Waals surface area contributed by atoms with E-state index in [0.717, 1.165) is 38.8 Å². The van der Waals surface area contributed by atoms with E-state index in [1.165, 1.54) is 6.42 Å². The van der Waals surface area contributed by atoms with Crippen LogP contribution in [0.2, 0.25) is 0 Å². The zero-order chi connectivity index (χ0) is 15.2. The highest BCUT2D eigenvalue weighted by Crippen LogP contribution is 2.17. The molecule has 0 spiro atoms. The summed E-state index contributed by atoms with van der Waals surface area (Å²) in [7, 11) is 0. The largest absolute Gasteiger partial charge is 0.335 e. The third kappa shape index (κ3) is 5.63. The number of nitrogens with one attached hydrogen (secondary N) is 3. The van der Waals surface area contributed by atoms with Crippen molar-refractivity contribution in [2.45, 2.75) is 64.1 Å². The van der Waals surface area contributed by atoms with Gasteiger partial charge in [-0.2, -0.15) is 0 Å². The summed E-state index contributed by atoms with van der Waals surface area (Å²) in [6.45, 7) is 6.17. The Balaban J connectivity index is 1.69. The normalized spacial score (nSPS) is 28.1. The fourth-order valence-corrected chi connectivity index (χ4v) is 3.41. The minimum atomic E-state index is -0.344. The van der Waals surface area contributed by atoms with Gasteiger partial charge in [-0.15, -0.1) is 0 Å². The Morgan fingerprint density at radius 3 is 2.33 bits per heavy atom. The topological polar surface area (TPSA) is 73.5 Å². The maximum atomic E-state index is 11.9. The average molecular weight is 296 g/mol. The number of urea groups is 1. The summed E-state index contributed by atoms with van der Waals surface area (Å²) in [5.74, 6) is -0.218. The first-order valence-corrected chi connectivity index (χ1v) is 8.11. The van der Waals surface area contributed by atoms with Crippen LogP contribution in [-0.4, -0.2) is 54.6 Å². The molecule has 1 saturated heterocycles. The smallest absolute Gasteiger partial charge is 0.321 e. The molecular weight excluding hydrogens is 268 g/mol. The molecule has 1 aliphatic carbocycles. The van der Waals surface area contributed by atoms with Gasteiger partial charge < -0.3 is 10.6 Å². The highest BCUT2D eigenvalue weighted by Gasteiger charge is 2.23. The summed E-state index contributed by atoms with van der Waals surface area (Å²) >= 11 is 0. The van der Waals surface area contributed by atoms with Gasteiger partial charge in [0, 0.05) is 31.2 Å². The van der Waals surface area contributed by atoms with Crippen molar-refractivity contribution in [3.8, 4) is 0 Å². The first-order valence-electron chi connectivity index (χ1n) is 8.11. The lowest BCUT2D eigenvalue weighted by atomic mass is 9.96. The molecule has 2 unspecified atom stereocenters. The Labute approximate surface area is 127 Å². The van der Waals surface area contributed by atoms with Gasteiger partial charge >= 0.3 is 6.03 Å². The fraction of sp³-hybridized carbons (Fsp3) is 0.867. The Morgan fingerprint density at radius 2 is 1.71 bits per heavy atom. The van der Waals surface area contributed by atoms with Crippen LogP contribution >= 0.6 is 0 Å². The second-order valence-electron chi connectivity index (χ2n) is 6.52. The van der Waals surface area contributed by atoms with Gasteiger partial charge in [-0.3, -0.25) is 15.0 Å². The van der Waals surface area contributed by atoms with E-state index in [1.54, 1.807) is 0 Å². The Morgan fingerprint density at radius 1 is 1.10 bits per heavy atom. The van der Waals surface area contributed by atoms with E-state index in [0.29, 0.717) is 12.1 Å². The molecule has 6 nitrogen and oxygen atoms in total. The molecule has 6 heteroatoms. The molecule has 2 aliphatic rings. The molecule has 1 heterocycles. The quantitative estimate of drug-likeness (QED) is 0.721. The van der Waals surface area contributed by atoms with Gasteiger partial charge in [-0.1, -0.05) is 19.3 Å². The molecule has 2 atom stereocenters. The number of imide groups is 1. The third-order valence-electron chi connectivity index (χ3n) is 4.19. The molecule has 0 bridgehead atoms. The average Bonchev–Trinajstić information content (AvgIpc) is 2.37. The van der Waals surface area contributed by atoms with Gasteiger partial charge in [-0.25, -0.2) is 4.79 Å². The minimum absolute atomic E-state index is 0.218. The molecule has 0 aromatic rings. The van der Waals surface area contributed by atoms with Crippen LogP contribution in [0.4, 0.5) is 4.79 Å². The molecule has 2 fully saturated rings. The Kier molecular flexibility index (Phi) is 5.99. The minimum Gasteiger partial charge on any atom is -0.335 e. The zero-order valence-electron chi connectivity index (χ0n) is 13.2. The van der Waals surface area contributed by atoms with Crippen molar-refractivity contribution in [3.05, 3.63) is 0 Å². The number of hydrogen-bond donors (Lipinski definition) is 3. The molecule has 0 aromatic heterocycles. The third-order valence-corrected chi connectivity index (χ3v) is 4.19. The van der Waals surface area contributed by atoms with Crippen LogP contribution in [0.3, 0.4) is 0 Å². The van der Waals surface area contributed by atoms with Gasteiger partial charge in [0.05, 0.1) is 6.54 Å². The van der Waals surface area contributed by atoms with Crippen LogP contribution in [0.1, 0.15) is 46.0 Å². The molecule has 120 valence electrons. The maximum absolute atomic E-state index is 11.9. The summed E-state index contributed by atoms with van der Waals surface area (Å²) in [6, 6.07) is 0.629. The number of amides is 3. The molecular formula is C15H28N4O2. The second-order valence-corrected chi connectivity index (χ2v) is 6.52. The van der Waals surface area contributed by atoms with Crippen LogP contribution in [-0.2, 0) is 4.79 Å². The van der Waals surface area contributed by atoms with Gasteiger partial charge in [0.1, 0.15) is 0 Å². The molecule has 1 saturated carbocycles. The van der Waals surface area contributed by atoms with Crippen molar-refractivity contribution in [2.75, 3.05) is 19.6 Å². The highest BCUT2D eigenvalue weighted by molar-refractivity contribution is 5.95. The summed E-state index contributed by atoms with van der Waals surface area (Å²) in [4.78, 5) is 25.9. The van der Waals surface area contributed by atoms with Crippen LogP contribution < -0.4 is 16.0 Å². The van der Waals surface area contributed by atoms with E-state index in [-0.39, 0.29) is 24.5 Å². The van der Waals surface area contributed by atoms with Crippen molar-refractivity contribution in [3.63, 3.8) is 0 Å². The first-order chi connectivity index (χ1) is 10.0. The van der Waals surface area contributed by atoms with Gasteiger partial charge in [0.15, 0.2) is 0 Å². The van der Waals surface area contributed by atoms with Crippen molar-refractivity contribution in [1.82, 2.24) is 20.9 Å².